The Kier molecular flexibility index (Phi) is 6.70. The van der Waals surface area contributed by atoms with Crippen LogP contribution >= 0.6 is 11.3 Å². The van der Waals surface area contributed by atoms with Gasteiger partial charge in [-0.2, -0.15) is 0 Å². The van der Waals surface area contributed by atoms with Crippen molar-refractivity contribution in [1.29, 1.82) is 0 Å². The van der Waals surface area contributed by atoms with Gasteiger partial charge in [-0.1, -0.05) is 12.1 Å². The van der Waals surface area contributed by atoms with E-state index in [1.165, 1.54) is 10.4 Å². The van der Waals surface area contributed by atoms with Crippen molar-refractivity contribution in [2.75, 3.05) is 26.8 Å². The van der Waals surface area contributed by atoms with Gasteiger partial charge in [-0.05, 0) is 35.6 Å². The summed E-state index contributed by atoms with van der Waals surface area (Å²) in [5.74, 6) is 1.19. The maximum absolute atomic E-state index is 12.3. The second-order valence-electron chi connectivity index (χ2n) is 6.28. The van der Waals surface area contributed by atoms with Gasteiger partial charge in [-0.15, -0.1) is 11.3 Å². The number of amides is 2. The molecule has 1 N–H and O–H groups in total. The van der Waals surface area contributed by atoms with E-state index in [9.17, 15) is 9.59 Å². The van der Waals surface area contributed by atoms with Crippen LogP contribution in [0, 0.1) is 0 Å². The number of benzene rings is 1. The number of ether oxygens (including phenoxy) is 2. The summed E-state index contributed by atoms with van der Waals surface area (Å²) in [6, 6.07) is 9.44. The minimum atomic E-state index is -0.139. The summed E-state index contributed by atoms with van der Waals surface area (Å²) in [5, 5.41) is 4.86. The fourth-order valence-electron chi connectivity index (χ4n) is 3.02. The first-order chi connectivity index (χ1) is 13.2. The number of hydrogen-bond donors (Lipinski definition) is 1. The summed E-state index contributed by atoms with van der Waals surface area (Å²) in [6.45, 7) is 2.12. The molecule has 27 heavy (non-hydrogen) atoms. The molecule has 1 aromatic carbocycles. The highest BCUT2D eigenvalue weighted by molar-refractivity contribution is 7.10. The minimum absolute atomic E-state index is 0.0345. The van der Waals surface area contributed by atoms with Gasteiger partial charge in [0.2, 0.25) is 11.8 Å². The first-order valence-corrected chi connectivity index (χ1v) is 9.91. The van der Waals surface area contributed by atoms with Gasteiger partial charge in [0.25, 0.3) is 0 Å². The van der Waals surface area contributed by atoms with E-state index in [-0.39, 0.29) is 24.7 Å². The number of carbonyl (C=O) groups is 2. The molecule has 0 aliphatic carbocycles. The molecule has 0 fully saturated rings. The van der Waals surface area contributed by atoms with Gasteiger partial charge in [0.1, 0.15) is 6.61 Å². The van der Waals surface area contributed by atoms with Crippen LogP contribution in [-0.2, 0) is 22.6 Å². The summed E-state index contributed by atoms with van der Waals surface area (Å²) in [5.41, 5.74) is 1.23. The van der Waals surface area contributed by atoms with Crippen molar-refractivity contribution >= 4 is 23.2 Å². The SMILES string of the molecule is COc1ccccc1OCCNC(=O)CCC(=O)N1CCc2sccc2C1. The van der Waals surface area contributed by atoms with Gasteiger partial charge in [-0.25, -0.2) is 0 Å². The largest absolute Gasteiger partial charge is 0.493 e. The molecular formula is C20H24N2O4S. The predicted molar refractivity (Wildman–Crippen MR) is 104 cm³/mol. The van der Waals surface area contributed by atoms with Gasteiger partial charge < -0.3 is 19.7 Å². The Hall–Kier alpha value is -2.54. The molecule has 2 aromatic rings. The smallest absolute Gasteiger partial charge is 0.223 e. The third-order valence-corrected chi connectivity index (χ3v) is 5.50. The Labute approximate surface area is 163 Å². The Balaban J connectivity index is 1.33. The van der Waals surface area contributed by atoms with Gasteiger partial charge in [0.05, 0.1) is 13.7 Å². The number of rotatable bonds is 8. The first kappa shape index (κ1) is 19.2. The van der Waals surface area contributed by atoms with E-state index in [4.69, 9.17) is 9.47 Å². The van der Waals surface area contributed by atoms with Crippen LogP contribution in [0.2, 0.25) is 0 Å². The average Bonchev–Trinajstić information content (AvgIpc) is 3.17. The first-order valence-electron chi connectivity index (χ1n) is 9.03. The van der Waals surface area contributed by atoms with Crippen molar-refractivity contribution in [1.82, 2.24) is 10.2 Å². The number of carbonyl (C=O) groups excluding carboxylic acids is 2. The van der Waals surface area contributed by atoms with Crippen molar-refractivity contribution in [3.05, 3.63) is 46.2 Å². The molecule has 0 bridgehead atoms. The quantitative estimate of drug-likeness (QED) is 0.706. The predicted octanol–water partition coefficient (Wildman–Crippen LogP) is 2.62. The van der Waals surface area contributed by atoms with Gasteiger partial charge >= 0.3 is 0 Å². The maximum atomic E-state index is 12.3. The normalized spacial score (nSPS) is 13.0. The second kappa shape index (κ2) is 9.41. The number of hydrogen-bond acceptors (Lipinski definition) is 5. The standard InChI is InChI=1S/C20H24N2O4S/c1-25-16-4-2-3-5-17(16)26-12-10-21-19(23)6-7-20(24)22-11-8-18-15(14-22)9-13-27-18/h2-5,9,13H,6-8,10-12,14H2,1H3,(H,21,23). The number of nitrogens with zero attached hydrogens (tertiary/aromatic N) is 1. The fraction of sp³-hybridized carbons (Fsp3) is 0.400. The molecule has 3 rings (SSSR count). The van der Waals surface area contributed by atoms with Gasteiger partial charge in [0, 0.05) is 30.8 Å². The molecule has 7 heteroatoms. The molecule has 144 valence electrons. The van der Waals surface area contributed by atoms with E-state index in [1.54, 1.807) is 18.4 Å². The van der Waals surface area contributed by atoms with Gasteiger partial charge in [0.15, 0.2) is 11.5 Å². The third-order valence-electron chi connectivity index (χ3n) is 4.48. The zero-order valence-electron chi connectivity index (χ0n) is 15.4. The zero-order valence-corrected chi connectivity index (χ0v) is 16.2. The monoisotopic (exact) mass is 388 g/mol. The summed E-state index contributed by atoms with van der Waals surface area (Å²) in [4.78, 5) is 27.5. The number of thiophene rings is 1. The van der Waals surface area contributed by atoms with Crippen molar-refractivity contribution in [2.24, 2.45) is 0 Å². The van der Waals surface area contributed by atoms with E-state index in [0.717, 1.165) is 13.0 Å². The molecule has 0 atom stereocenters. The minimum Gasteiger partial charge on any atom is -0.493 e. The Morgan fingerprint density at radius 2 is 2.00 bits per heavy atom. The van der Waals surface area contributed by atoms with Crippen molar-refractivity contribution < 1.29 is 19.1 Å². The molecule has 0 spiro atoms. The van der Waals surface area contributed by atoms with Crippen LogP contribution in [-0.4, -0.2) is 43.5 Å². The molecule has 6 nitrogen and oxygen atoms in total. The number of fused-ring (bicyclic) bond motifs is 1. The Morgan fingerprint density at radius 1 is 1.19 bits per heavy atom. The fourth-order valence-corrected chi connectivity index (χ4v) is 3.91. The number of methoxy groups -OCH3 is 1. The molecule has 1 aliphatic heterocycles. The van der Waals surface area contributed by atoms with Crippen LogP contribution in [0.3, 0.4) is 0 Å². The van der Waals surface area contributed by atoms with Crippen LogP contribution in [0.25, 0.3) is 0 Å². The lowest BCUT2D eigenvalue weighted by molar-refractivity contribution is -0.134. The lowest BCUT2D eigenvalue weighted by Crippen LogP contribution is -2.36. The molecule has 0 radical (unpaired) electrons. The second-order valence-corrected chi connectivity index (χ2v) is 7.28. The van der Waals surface area contributed by atoms with Crippen LogP contribution in [0.15, 0.2) is 35.7 Å². The Morgan fingerprint density at radius 3 is 2.81 bits per heavy atom. The zero-order chi connectivity index (χ0) is 19.1. The van der Waals surface area contributed by atoms with Crippen molar-refractivity contribution in [3.8, 4) is 11.5 Å². The lowest BCUT2D eigenvalue weighted by atomic mass is 10.1. The molecule has 0 saturated carbocycles. The molecule has 2 heterocycles. The van der Waals surface area contributed by atoms with E-state index in [1.807, 2.05) is 29.2 Å². The topological polar surface area (TPSA) is 67.9 Å². The highest BCUT2D eigenvalue weighted by Crippen LogP contribution is 2.25. The highest BCUT2D eigenvalue weighted by Gasteiger charge is 2.21. The van der Waals surface area contributed by atoms with Crippen LogP contribution < -0.4 is 14.8 Å². The summed E-state index contributed by atoms with van der Waals surface area (Å²) in [7, 11) is 1.59. The lowest BCUT2D eigenvalue weighted by Gasteiger charge is -2.27. The highest BCUT2D eigenvalue weighted by atomic mass is 32.1. The van der Waals surface area contributed by atoms with E-state index in [2.05, 4.69) is 16.8 Å². The Bertz CT molecular complexity index is 790. The maximum Gasteiger partial charge on any atom is 0.223 e. The number of nitrogens with one attached hydrogen (secondary N) is 1. The molecule has 0 unspecified atom stereocenters. The van der Waals surface area contributed by atoms with Crippen LogP contribution in [0.1, 0.15) is 23.3 Å². The molecule has 1 aliphatic rings. The van der Waals surface area contributed by atoms with Crippen LogP contribution in [0.5, 0.6) is 11.5 Å². The summed E-state index contributed by atoms with van der Waals surface area (Å²) < 4.78 is 10.8. The summed E-state index contributed by atoms with van der Waals surface area (Å²) in [6.07, 6.45) is 1.34. The average molecular weight is 388 g/mol. The molecule has 1 aromatic heterocycles. The van der Waals surface area contributed by atoms with Crippen molar-refractivity contribution in [3.63, 3.8) is 0 Å². The molecular weight excluding hydrogens is 364 g/mol. The van der Waals surface area contributed by atoms with Gasteiger partial charge in [-0.3, -0.25) is 9.59 Å². The third kappa shape index (κ3) is 5.23. The van der Waals surface area contributed by atoms with E-state index < -0.39 is 0 Å². The van der Waals surface area contributed by atoms with Crippen molar-refractivity contribution in [2.45, 2.75) is 25.8 Å². The molecule has 0 saturated heterocycles. The van der Waals surface area contributed by atoms with E-state index >= 15 is 0 Å². The number of para-hydroxylation sites is 2. The van der Waals surface area contributed by atoms with Crippen LogP contribution in [0.4, 0.5) is 0 Å². The van der Waals surface area contributed by atoms with E-state index in [0.29, 0.717) is 31.2 Å². The summed E-state index contributed by atoms with van der Waals surface area (Å²) >= 11 is 1.75. The molecule has 2 amide bonds.